The van der Waals surface area contributed by atoms with E-state index in [1.807, 2.05) is 36.0 Å². The zero-order valence-electron chi connectivity index (χ0n) is 12.4. The van der Waals surface area contributed by atoms with Gasteiger partial charge in [0.25, 0.3) is 0 Å². The summed E-state index contributed by atoms with van der Waals surface area (Å²) in [6.45, 7) is 4.27. The van der Waals surface area contributed by atoms with Gasteiger partial charge in [-0.15, -0.1) is 0 Å². The summed E-state index contributed by atoms with van der Waals surface area (Å²) in [7, 11) is 1.95. The molecule has 0 unspecified atom stereocenters. The van der Waals surface area contributed by atoms with Crippen molar-refractivity contribution in [1.29, 1.82) is 0 Å². The summed E-state index contributed by atoms with van der Waals surface area (Å²) in [6.07, 6.45) is 0.903. The fourth-order valence-corrected chi connectivity index (χ4v) is 2.83. The molecule has 1 aromatic carbocycles. The predicted octanol–water partition coefficient (Wildman–Crippen LogP) is 3.32. The van der Waals surface area contributed by atoms with Crippen LogP contribution in [0.5, 0.6) is 0 Å². The van der Waals surface area contributed by atoms with Crippen molar-refractivity contribution in [2.75, 3.05) is 10.6 Å². The van der Waals surface area contributed by atoms with Crippen LogP contribution in [0.15, 0.2) is 28.7 Å². The van der Waals surface area contributed by atoms with Gasteiger partial charge in [0.05, 0.1) is 22.4 Å². The molecule has 21 heavy (non-hydrogen) atoms. The van der Waals surface area contributed by atoms with E-state index in [0.29, 0.717) is 6.54 Å². The maximum Gasteiger partial charge on any atom is 0.221 e. The van der Waals surface area contributed by atoms with Gasteiger partial charge >= 0.3 is 0 Å². The van der Waals surface area contributed by atoms with E-state index in [1.54, 1.807) is 0 Å². The monoisotopic (exact) mass is 350 g/mol. The van der Waals surface area contributed by atoms with E-state index in [2.05, 4.69) is 38.6 Å². The van der Waals surface area contributed by atoms with Gasteiger partial charge in [0.1, 0.15) is 0 Å². The van der Waals surface area contributed by atoms with Crippen molar-refractivity contribution in [3.05, 3.63) is 40.1 Å². The smallest absolute Gasteiger partial charge is 0.221 e. The number of nitrogens with zero attached hydrogens (tertiary/aromatic N) is 2. The molecule has 1 heterocycles. The minimum atomic E-state index is -0.0679. The summed E-state index contributed by atoms with van der Waals surface area (Å²) in [6, 6.07) is 7.63. The standard InChI is InChI=1S/C15H19BrN4O/c1-4-13-15(16)14(20(3)19-13)9-17-11-5-7-12(8-6-11)18-10(2)21/h5-8,17H,4,9H2,1-3H3,(H,18,21). The van der Waals surface area contributed by atoms with E-state index in [1.165, 1.54) is 6.92 Å². The van der Waals surface area contributed by atoms with Gasteiger partial charge < -0.3 is 10.6 Å². The molecule has 2 N–H and O–H groups in total. The quantitative estimate of drug-likeness (QED) is 0.869. The number of anilines is 2. The highest BCUT2D eigenvalue weighted by atomic mass is 79.9. The molecule has 6 heteroatoms. The summed E-state index contributed by atoms with van der Waals surface area (Å²) < 4.78 is 2.96. The topological polar surface area (TPSA) is 59.0 Å². The molecule has 0 fully saturated rings. The largest absolute Gasteiger partial charge is 0.379 e. The van der Waals surface area contributed by atoms with Crippen LogP contribution in [0.2, 0.25) is 0 Å². The molecular weight excluding hydrogens is 332 g/mol. The summed E-state index contributed by atoms with van der Waals surface area (Å²) in [5.74, 6) is -0.0679. The Morgan fingerprint density at radius 1 is 1.29 bits per heavy atom. The minimum Gasteiger partial charge on any atom is -0.379 e. The number of aromatic nitrogens is 2. The molecule has 0 spiro atoms. The molecule has 0 radical (unpaired) electrons. The Kier molecular flexibility index (Phi) is 5.01. The van der Waals surface area contributed by atoms with Crippen molar-refractivity contribution < 1.29 is 4.79 Å². The van der Waals surface area contributed by atoms with Gasteiger partial charge in [-0.2, -0.15) is 5.10 Å². The first kappa shape index (κ1) is 15.6. The van der Waals surface area contributed by atoms with Crippen LogP contribution < -0.4 is 10.6 Å². The van der Waals surface area contributed by atoms with E-state index < -0.39 is 0 Å². The van der Waals surface area contributed by atoms with Crippen molar-refractivity contribution in [3.63, 3.8) is 0 Å². The van der Waals surface area contributed by atoms with Crippen LogP contribution in [0.3, 0.4) is 0 Å². The molecule has 112 valence electrons. The average Bonchev–Trinajstić information content (AvgIpc) is 2.72. The van der Waals surface area contributed by atoms with Gasteiger partial charge in [-0.3, -0.25) is 9.48 Å². The molecule has 2 rings (SSSR count). The molecule has 1 amide bonds. The van der Waals surface area contributed by atoms with Gasteiger partial charge in [0.2, 0.25) is 5.91 Å². The van der Waals surface area contributed by atoms with Crippen LogP contribution in [0.1, 0.15) is 25.2 Å². The van der Waals surface area contributed by atoms with Crippen molar-refractivity contribution in [1.82, 2.24) is 9.78 Å². The maximum atomic E-state index is 11.0. The van der Waals surface area contributed by atoms with Crippen LogP contribution in [-0.2, 0) is 24.8 Å². The fraction of sp³-hybridized carbons (Fsp3) is 0.333. The normalized spacial score (nSPS) is 10.5. The van der Waals surface area contributed by atoms with Crippen molar-refractivity contribution in [2.24, 2.45) is 7.05 Å². The predicted molar refractivity (Wildman–Crippen MR) is 88.4 cm³/mol. The molecule has 1 aromatic heterocycles. The van der Waals surface area contributed by atoms with E-state index in [0.717, 1.165) is 33.7 Å². The fourth-order valence-electron chi connectivity index (χ4n) is 2.07. The maximum absolute atomic E-state index is 11.0. The third kappa shape index (κ3) is 3.85. The number of carbonyl (C=O) groups is 1. The third-order valence-electron chi connectivity index (χ3n) is 3.17. The highest BCUT2D eigenvalue weighted by molar-refractivity contribution is 9.10. The molecule has 0 aliphatic rings. The number of carbonyl (C=O) groups excluding carboxylic acids is 1. The van der Waals surface area contributed by atoms with E-state index in [9.17, 15) is 4.79 Å². The molecule has 0 bridgehead atoms. The van der Waals surface area contributed by atoms with Gasteiger partial charge in [-0.25, -0.2) is 0 Å². The molecule has 0 saturated heterocycles. The number of hydrogen-bond donors (Lipinski definition) is 2. The molecular formula is C15H19BrN4O. The first-order valence-corrected chi connectivity index (χ1v) is 7.62. The lowest BCUT2D eigenvalue weighted by atomic mass is 10.2. The summed E-state index contributed by atoms with van der Waals surface area (Å²) in [4.78, 5) is 11.0. The third-order valence-corrected chi connectivity index (χ3v) is 4.08. The Hall–Kier alpha value is -1.82. The highest BCUT2D eigenvalue weighted by Gasteiger charge is 2.11. The summed E-state index contributed by atoms with van der Waals surface area (Å²) in [5.41, 5.74) is 3.96. The summed E-state index contributed by atoms with van der Waals surface area (Å²) in [5, 5.41) is 10.6. The Morgan fingerprint density at radius 3 is 2.43 bits per heavy atom. The van der Waals surface area contributed by atoms with Crippen LogP contribution >= 0.6 is 15.9 Å². The second-order valence-corrected chi connectivity index (χ2v) is 5.59. The number of aryl methyl sites for hydroxylation is 2. The van der Waals surface area contributed by atoms with Gasteiger partial charge in [-0.1, -0.05) is 6.92 Å². The molecule has 0 aliphatic carbocycles. The lowest BCUT2D eigenvalue weighted by molar-refractivity contribution is -0.114. The number of halogens is 1. The Labute approximate surface area is 132 Å². The number of nitrogens with one attached hydrogen (secondary N) is 2. The molecule has 0 atom stereocenters. The highest BCUT2D eigenvalue weighted by Crippen LogP contribution is 2.23. The molecule has 5 nitrogen and oxygen atoms in total. The lowest BCUT2D eigenvalue weighted by Gasteiger charge is -2.08. The van der Waals surface area contributed by atoms with Crippen molar-refractivity contribution in [3.8, 4) is 0 Å². The van der Waals surface area contributed by atoms with Crippen molar-refractivity contribution in [2.45, 2.75) is 26.8 Å². The number of benzene rings is 1. The van der Waals surface area contributed by atoms with E-state index in [-0.39, 0.29) is 5.91 Å². The molecule has 2 aromatic rings. The SMILES string of the molecule is CCc1nn(C)c(CNc2ccc(NC(C)=O)cc2)c1Br. The van der Waals surface area contributed by atoms with Gasteiger partial charge in [0.15, 0.2) is 0 Å². The van der Waals surface area contributed by atoms with Gasteiger partial charge in [-0.05, 0) is 46.6 Å². The summed E-state index contributed by atoms with van der Waals surface area (Å²) >= 11 is 3.60. The Morgan fingerprint density at radius 2 is 1.90 bits per heavy atom. The van der Waals surface area contributed by atoms with Gasteiger partial charge in [0, 0.05) is 25.3 Å². The number of amides is 1. The van der Waals surface area contributed by atoms with Crippen LogP contribution in [0, 0.1) is 0 Å². The van der Waals surface area contributed by atoms with E-state index >= 15 is 0 Å². The molecule has 0 aliphatic heterocycles. The van der Waals surface area contributed by atoms with E-state index in [4.69, 9.17) is 0 Å². The Balaban J connectivity index is 2.03. The zero-order valence-corrected chi connectivity index (χ0v) is 14.0. The second-order valence-electron chi connectivity index (χ2n) is 4.80. The average molecular weight is 351 g/mol. The number of hydrogen-bond acceptors (Lipinski definition) is 3. The second kappa shape index (κ2) is 6.76. The Bertz CT molecular complexity index is 634. The van der Waals surface area contributed by atoms with Crippen molar-refractivity contribution >= 4 is 33.2 Å². The lowest BCUT2D eigenvalue weighted by Crippen LogP contribution is -2.07. The number of rotatable bonds is 5. The minimum absolute atomic E-state index is 0.0679. The van der Waals surface area contributed by atoms with Crippen LogP contribution in [-0.4, -0.2) is 15.7 Å². The molecule has 0 saturated carbocycles. The van der Waals surface area contributed by atoms with Crippen LogP contribution in [0.25, 0.3) is 0 Å². The zero-order chi connectivity index (χ0) is 15.4. The first-order chi connectivity index (χ1) is 10.0. The van der Waals surface area contributed by atoms with Crippen LogP contribution in [0.4, 0.5) is 11.4 Å². The first-order valence-electron chi connectivity index (χ1n) is 6.83.